The monoisotopic (exact) mass is 327 g/mol. The molecule has 1 atom stereocenters. The van der Waals surface area contributed by atoms with E-state index in [0.717, 1.165) is 45.4 Å². The normalized spacial score (nSPS) is 25.4. The molecule has 24 heavy (non-hydrogen) atoms. The van der Waals surface area contributed by atoms with Gasteiger partial charge in [0.05, 0.1) is 0 Å². The number of carbonyl (C=O) groups is 2. The minimum absolute atomic E-state index is 0.00946. The highest BCUT2D eigenvalue weighted by atomic mass is 16.2. The molecule has 0 spiro atoms. The maximum atomic E-state index is 12.5. The molecule has 1 N–H and O–H groups in total. The highest BCUT2D eigenvalue weighted by Crippen LogP contribution is 2.25. The van der Waals surface area contributed by atoms with Crippen molar-refractivity contribution in [1.29, 1.82) is 0 Å². The first-order valence-corrected chi connectivity index (χ1v) is 9.10. The molecule has 1 aromatic rings. The van der Waals surface area contributed by atoms with Gasteiger partial charge in [0, 0.05) is 38.6 Å². The number of hydrogen-bond donors (Lipinski definition) is 1. The first kappa shape index (κ1) is 15.6. The number of carbonyl (C=O) groups excluding carboxylic acids is 2. The number of hydrogen-bond acceptors (Lipinski definition) is 3. The smallest absolute Gasteiger partial charge is 0.245 e. The minimum Gasteiger partial charge on any atom is -0.344 e. The number of nitrogens with zero attached hydrogens (tertiary/aromatic N) is 2. The van der Waals surface area contributed by atoms with Crippen molar-refractivity contribution < 1.29 is 9.59 Å². The summed E-state index contributed by atoms with van der Waals surface area (Å²) in [5.74, 6) is 0.124. The third kappa shape index (κ3) is 3.05. The quantitative estimate of drug-likeness (QED) is 0.891. The number of amides is 2. The van der Waals surface area contributed by atoms with Gasteiger partial charge in [0.2, 0.25) is 11.8 Å². The summed E-state index contributed by atoms with van der Waals surface area (Å²) in [5.41, 5.74) is 2.94. The van der Waals surface area contributed by atoms with Gasteiger partial charge in [-0.3, -0.25) is 14.5 Å². The topological polar surface area (TPSA) is 52.7 Å². The van der Waals surface area contributed by atoms with Crippen LogP contribution in [0.3, 0.4) is 0 Å². The van der Waals surface area contributed by atoms with Crippen LogP contribution < -0.4 is 5.32 Å². The van der Waals surface area contributed by atoms with Crippen molar-refractivity contribution in [2.45, 2.75) is 50.7 Å². The van der Waals surface area contributed by atoms with E-state index in [2.05, 4.69) is 34.5 Å². The predicted octanol–water partition coefficient (Wildman–Crippen LogP) is 1.31. The van der Waals surface area contributed by atoms with Crippen LogP contribution in [0.1, 0.15) is 36.8 Å². The Kier molecular flexibility index (Phi) is 4.27. The highest BCUT2D eigenvalue weighted by Gasteiger charge is 2.34. The van der Waals surface area contributed by atoms with Crippen LogP contribution in [0.25, 0.3) is 0 Å². The van der Waals surface area contributed by atoms with Crippen molar-refractivity contribution in [1.82, 2.24) is 15.1 Å². The van der Waals surface area contributed by atoms with Gasteiger partial charge in [-0.15, -0.1) is 0 Å². The van der Waals surface area contributed by atoms with E-state index in [1.165, 1.54) is 11.1 Å². The Morgan fingerprint density at radius 3 is 2.46 bits per heavy atom. The lowest BCUT2D eigenvalue weighted by molar-refractivity contribution is -0.135. The van der Waals surface area contributed by atoms with Gasteiger partial charge in [-0.05, 0) is 36.8 Å². The molecule has 0 unspecified atom stereocenters. The summed E-state index contributed by atoms with van der Waals surface area (Å²) in [6, 6.07) is 9.02. The number of likely N-dealkylation sites (tertiary alicyclic amines) is 1. The Morgan fingerprint density at radius 1 is 1.00 bits per heavy atom. The molecule has 3 heterocycles. The summed E-state index contributed by atoms with van der Waals surface area (Å²) in [6.07, 6.45) is 4.34. The van der Waals surface area contributed by atoms with E-state index >= 15 is 0 Å². The number of nitrogens with one attached hydrogen (secondary N) is 1. The molecule has 0 bridgehead atoms. The Labute approximate surface area is 143 Å². The summed E-state index contributed by atoms with van der Waals surface area (Å²) in [4.78, 5) is 28.3. The summed E-state index contributed by atoms with van der Waals surface area (Å²) in [6.45, 7) is 3.78. The molecular formula is C19H25N3O2. The molecule has 5 heteroatoms. The standard InChI is InChI=1S/C19H25N3O2/c23-18-6-5-17(20-18)19(24)21-11-8-16(9-12-21)22-10-7-14-3-1-2-4-15(14)13-22/h1-4,16-17H,5-13H2,(H,20,23)/t17-/m1/s1. The predicted molar refractivity (Wildman–Crippen MR) is 91.3 cm³/mol. The Morgan fingerprint density at radius 2 is 1.75 bits per heavy atom. The number of rotatable bonds is 2. The zero-order valence-corrected chi connectivity index (χ0v) is 14.0. The number of fused-ring (bicyclic) bond motifs is 1. The number of benzene rings is 1. The second-order valence-electron chi connectivity index (χ2n) is 7.20. The second-order valence-corrected chi connectivity index (χ2v) is 7.20. The van der Waals surface area contributed by atoms with Crippen molar-refractivity contribution >= 4 is 11.8 Å². The van der Waals surface area contributed by atoms with Crippen molar-refractivity contribution in [2.24, 2.45) is 0 Å². The second kappa shape index (κ2) is 6.55. The number of piperidine rings is 1. The first-order valence-electron chi connectivity index (χ1n) is 9.10. The van der Waals surface area contributed by atoms with Crippen LogP contribution in [-0.2, 0) is 22.6 Å². The highest BCUT2D eigenvalue weighted by molar-refractivity contribution is 5.90. The van der Waals surface area contributed by atoms with Gasteiger partial charge in [0.25, 0.3) is 0 Å². The molecule has 3 aliphatic heterocycles. The molecule has 0 saturated carbocycles. The third-order valence-corrected chi connectivity index (χ3v) is 5.75. The fourth-order valence-corrected chi connectivity index (χ4v) is 4.30. The molecule has 4 rings (SSSR count). The molecule has 2 saturated heterocycles. The zero-order chi connectivity index (χ0) is 16.5. The fraction of sp³-hybridized carbons (Fsp3) is 0.579. The lowest BCUT2D eigenvalue weighted by Crippen LogP contribution is -2.51. The van der Waals surface area contributed by atoms with Crippen molar-refractivity contribution in [3.05, 3.63) is 35.4 Å². The average Bonchev–Trinajstić information content (AvgIpc) is 3.07. The van der Waals surface area contributed by atoms with Crippen LogP contribution in [0, 0.1) is 0 Å². The van der Waals surface area contributed by atoms with Crippen LogP contribution in [0.2, 0.25) is 0 Å². The van der Waals surface area contributed by atoms with Crippen LogP contribution in [0.15, 0.2) is 24.3 Å². The Balaban J connectivity index is 1.32. The summed E-state index contributed by atoms with van der Waals surface area (Å²) >= 11 is 0. The lowest BCUT2D eigenvalue weighted by atomic mass is 9.95. The summed E-state index contributed by atoms with van der Waals surface area (Å²) in [5, 5.41) is 2.80. The van der Waals surface area contributed by atoms with Crippen LogP contribution in [0.4, 0.5) is 0 Å². The Hall–Kier alpha value is -1.88. The van der Waals surface area contributed by atoms with Crippen molar-refractivity contribution in [3.63, 3.8) is 0 Å². The summed E-state index contributed by atoms with van der Waals surface area (Å²) < 4.78 is 0. The van der Waals surface area contributed by atoms with Crippen molar-refractivity contribution in [3.8, 4) is 0 Å². The van der Waals surface area contributed by atoms with Gasteiger partial charge in [-0.1, -0.05) is 24.3 Å². The van der Waals surface area contributed by atoms with Crippen LogP contribution >= 0.6 is 0 Å². The van der Waals surface area contributed by atoms with E-state index < -0.39 is 0 Å². The fourth-order valence-electron chi connectivity index (χ4n) is 4.30. The maximum Gasteiger partial charge on any atom is 0.245 e. The van der Waals surface area contributed by atoms with E-state index in [4.69, 9.17) is 0 Å². The minimum atomic E-state index is -0.282. The van der Waals surface area contributed by atoms with Gasteiger partial charge in [0.1, 0.15) is 6.04 Å². The molecule has 0 aromatic heterocycles. The SMILES string of the molecule is O=C1CC[C@H](C(=O)N2CCC(N3CCc4ccccc4C3)CC2)N1. The van der Waals surface area contributed by atoms with E-state index in [1.54, 1.807) is 0 Å². The molecular weight excluding hydrogens is 302 g/mol. The third-order valence-electron chi connectivity index (χ3n) is 5.75. The van der Waals surface area contributed by atoms with Gasteiger partial charge >= 0.3 is 0 Å². The van der Waals surface area contributed by atoms with E-state index in [9.17, 15) is 9.59 Å². The lowest BCUT2D eigenvalue weighted by Gasteiger charge is -2.41. The largest absolute Gasteiger partial charge is 0.344 e. The van der Waals surface area contributed by atoms with Gasteiger partial charge < -0.3 is 10.2 Å². The van der Waals surface area contributed by atoms with E-state index in [1.807, 2.05) is 4.90 Å². The molecule has 0 radical (unpaired) electrons. The summed E-state index contributed by atoms with van der Waals surface area (Å²) in [7, 11) is 0. The average molecular weight is 327 g/mol. The molecule has 0 aliphatic carbocycles. The molecule has 2 amide bonds. The molecule has 3 aliphatic rings. The first-order chi connectivity index (χ1) is 11.7. The van der Waals surface area contributed by atoms with Gasteiger partial charge in [0.15, 0.2) is 0 Å². The van der Waals surface area contributed by atoms with Crippen LogP contribution in [-0.4, -0.2) is 53.3 Å². The van der Waals surface area contributed by atoms with Gasteiger partial charge in [-0.25, -0.2) is 0 Å². The molecule has 5 nitrogen and oxygen atoms in total. The maximum absolute atomic E-state index is 12.5. The van der Waals surface area contributed by atoms with E-state index in [0.29, 0.717) is 18.9 Å². The molecule has 2 fully saturated rings. The van der Waals surface area contributed by atoms with Crippen LogP contribution in [0.5, 0.6) is 0 Å². The Bertz CT molecular complexity index is 637. The van der Waals surface area contributed by atoms with Crippen molar-refractivity contribution in [2.75, 3.05) is 19.6 Å². The molecule has 1 aromatic carbocycles. The zero-order valence-electron chi connectivity index (χ0n) is 14.0. The molecule has 128 valence electrons. The van der Waals surface area contributed by atoms with E-state index in [-0.39, 0.29) is 17.9 Å². The van der Waals surface area contributed by atoms with Gasteiger partial charge in [-0.2, -0.15) is 0 Å².